The zero-order valence-electron chi connectivity index (χ0n) is 10.6. The van der Waals surface area contributed by atoms with Crippen molar-refractivity contribution in [2.24, 2.45) is 0 Å². The molecule has 0 aliphatic carbocycles. The Morgan fingerprint density at radius 2 is 1.95 bits per heavy atom. The molecular weight excluding hydrogens is 270 g/mol. The minimum atomic E-state index is -2.87. The van der Waals surface area contributed by atoms with Crippen molar-refractivity contribution in [3.05, 3.63) is 29.3 Å². The van der Waals surface area contributed by atoms with Gasteiger partial charge in [0.05, 0.1) is 5.01 Å². The van der Waals surface area contributed by atoms with E-state index in [1.807, 2.05) is 13.8 Å². The molecule has 6 heteroatoms. The van der Waals surface area contributed by atoms with Crippen molar-refractivity contribution < 1.29 is 13.5 Å². The summed E-state index contributed by atoms with van der Waals surface area (Å²) in [6, 6.07) is 6.52. The first-order valence-corrected chi connectivity index (χ1v) is 6.61. The van der Waals surface area contributed by atoms with E-state index in [1.165, 1.54) is 17.4 Å². The van der Waals surface area contributed by atoms with Gasteiger partial charge in [-0.15, -0.1) is 11.3 Å². The summed E-state index contributed by atoms with van der Waals surface area (Å²) in [6.45, 7) is 1.14. The second-order valence-corrected chi connectivity index (χ2v) is 5.36. The summed E-state index contributed by atoms with van der Waals surface area (Å²) in [5, 5.41) is 1.38. The lowest BCUT2D eigenvalue weighted by atomic mass is 10.1. The van der Waals surface area contributed by atoms with Crippen LogP contribution in [0.4, 0.5) is 13.8 Å². The van der Waals surface area contributed by atoms with Gasteiger partial charge in [0.2, 0.25) is 0 Å². The number of alkyl halides is 2. The van der Waals surface area contributed by atoms with Gasteiger partial charge in [0, 0.05) is 11.5 Å². The number of aromatic nitrogens is 1. The fourth-order valence-electron chi connectivity index (χ4n) is 1.65. The van der Waals surface area contributed by atoms with Crippen LogP contribution in [-0.4, -0.2) is 11.6 Å². The molecule has 0 saturated heterocycles. The molecule has 0 aliphatic heterocycles. The van der Waals surface area contributed by atoms with Crippen LogP contribution in [0.1, 0.15) is 24.8 Å². The van der Waals surface area contributed by atoms with E-state index in [-0.39, 0.29) is 11.7 Å². The third-order valence-corrected chi connectivity index (χ3v) is 3.71. The van der Waals surface area contributed by atoms with Gasteiger partial charge >= 0.3 is 6.61 Å². The number of nitrogens with zero attached hydrogens (tertiary/aromatic N) is 1. The number of hydrogen-bond donors (Lipinski definition) is 1. The Morgan fingerprint density at radius 1 is 1.26 bits per heavy atom. The van der Waals surface area contributed by atoms with Crippen LogP contribution in [0.15, 0.2) is 24.3 Å². The molecule has 2 aromatic rings. The largest absolute Gasteiger partial charge is 0.434 e. The van der Waals surface area contributed by atoms with E-state index in [4.69, 9.17) is 5.73 Å². The molecule has 19 heavy (non-hydrogen) atoms. The lowest BCUT2D eigenvalue weighted by molar-refractivity contribution is -0.0494. The molecule has 0 amide bonds. The van der Waals surface area contributed by atoms with Gasteiger partial charge < -0.3 is 10.5 Å². The molecule has 0 saturated carbocycles. The number of thiazole rings is 1. The van der Waals surface area contributed by atoms with Gasteiger partial charge in [-0.3, -0.25) is 0 Å². The predicted octanol–water partition coefficient (Wildman–Crippen LogP) is 4.12. The monoisotopic (exact) mass is 284 g/mol. The quantitative estimate of drug-likeness (QED) is 0.918. The Labute approximate surface area is 114 Å². The number of ether oxygens (including phenoxy) is 1. The lowest BCUT2D eigenvalue weighted by Gasteiger charge is -2.09. The normalized spacial score (nSPS) is 11.3. The van der Waals surface area contributed by atoms with Gasteiger partial charge in [-0.2, -0.15) is 8.78 Å². The molecule has 0 aliphatic rings. The average Bonchev–Trinajstić information content (AvgIpc) is 2.71. The number of nitrogens with two attached hydrogens (primary N) is 1. The Bertz CT molecular complexity index is 570. The third kappa shape index (κ3) is 3.01. The van der Waals surface area contributed by atoms with Gasteiger partial charge in [-0.25, -0.2) is 4.98 Å². The summed E-state index contributed by atoms with van der Waals surface area (Å²) < 4.78 is 29.3. The van der Waals surface area contributed by atoms with Crippen molar-refractivity contribution in [2.45, 2.75) is 26.4 Å². The molecule has 102 valence electrons. The second-order valence-electron chi connectivity index (χ2n) is 4.29. The van der Waals surface area contributed by atoms with Crippen molar-refractivity contribution in [2.75, 3.05) is 5.73 Å². The minimum absolute atomic E-state index is 0.0878. The summed E-state index contributed by atoms with van der Waals surface area (Å²) in [6.07, 6.45) is 0. The third-order valence-electron chi connectivity index (χ3n) is 2.52. The van der Waals surface area contributed by atoms with Gasteiger partial charge in [-0.05, 0) is 12.1 Å². The molecule has 1 aromatic carbocycles. The van der Waals surface area contributed by atoms with E-state index in [9.17, 15) is 8.78 Å². The molecule has 0 spiro atoms. The molecule has 3 nitrogen and oxygen atoms in total. The number of halogens is 2. The molecule has 2 rings (SSSR count). The van der Waals surface area contributed by atoms with Crippen molar-refractivity contribution in [3.63, 3.8) is 0 Å². The molecule has 0 fully saturated rings. The summed E-state index contributed by atoms with van der Waals surface area (Å²) in [5.74, 6) is 0.328. The predicted molar refractivity (Wildman–Crippen MR) is 72.7 cm³/mol. The number of benzene rings is 1. The fourth-order valence-corrected chi connectivity index (χ4v) is 2.50. The van der Waals surface area contributed by atoms with Crippen molar-refractivity contribution >= 4 is 16.3 Å². The maximum absolute atomic E-state index is 12.4. The van der Waals surface area contributed by atoms with Gasteiger partial charge in [-0.1, -0.05) is 26.0 Å². The highest BCUT2D eigenvalue weighted by molar-refractivity contribution is 7.16. The first kappa shape index (κ1) is 13.7. The molecule has 1 aromatic heterocycles. The highest BCUT2D eigenvalue weighted by atomic mass is 32.1. The number of anilines is 1. The van der Waals surface area contributed by atoms with Crippen LogP contribution in [-0.2, 0) is 0 Å². The molecule has 0 bridgehead atoms. The van der Waals surface area contributed by atoms with E-state index >= 15 is 0 Å². The van der Waals surface area contributed by atoms with Crippen LogP contribution in [0.5, 0.6) is 5.75 Å². The zero-order valence-corrected chi connectivity index (χ0v) is 11.4. The van der Waals surface area contributed by atoms with Crippen molar-refractivity contribution in [1.82, 2.24) is 4.98 Å². The Morgan fingerprint density at radius 3 is 2.53 bits per heavy atom. The van der Waals surface area contributed by atoms with Crippen LogP contribution >= 0.6 is 11.3 Å². The van der Waals surface area contributed by atoms with E-state index in [1.54, 1.807) is 18.2 Å². The molecule has 0 unspecified atom stereocenters. The number of hydrogen-bond acceptors (Lipinski definition) is 4. The zero-order chi connectivity index (χ0) is 14.0. The first-order chi connectivity index (χ1) is 8.99. The maximum Gasteiger partial charge on any atom is 0.387 e. The number of nitrogen functional groups attached to an aromatic ring is 1. The summed E-state index contributed by atoms with van der Waals surface area (Å²) in [7, 11) is 0. The van der Waals surface area contributed by atoms with Crippen LogP contribution in [0, 0.1) is 0 Å². The van der Waals surface area contributed by atoms with Gasteiger partial charge in [0.25, 0.3) is 0 Å². The SMILES string of the molecule is CC(C)c1nc(-c2ccccc2OC(F)F)c(N)s1. The lowest BCUT2D eigenvalue weighted by Crippen LogP contribution is -2.03. The number of rotatable bonds is 4. The first-order valence-electron chi connectivity index (χ1n) is 5.79. The summed E-state index contributed by atoms with van der Waals surface area (Å²) in [5.41, 5.74) is 6.92. The summed E-state index contributed by atoms with van der Waals surface area (Å²) in [4.78, 5) is 4.42. The minimum Gasteiger partial charge on any atom is -0.434 e. The number of para-hydroxylation sites is 1. The molecule has 0 atom stereocenters. The fraction of sp³-hybridized carbons (Fsp3) is 0.308. The van der Waals surface area contributed by atoms with E-state index < -0.39 is 6.61 Å². The van der Waals surface area contributed by atoms with Crippen molar-refractivity contribution in [1.29, 1.82) is 0 Å². The molecule has 1 heterocycles. The highest BCUT2D eigenvalue weighted by Gasteiger charge is 2.17. The molecular formula is C13H14F2N2OS. The molecule has 2 N–H and O–H groups in total. The maximum atomic E-state index is 12.4. The van der Waals surface area contributed by atoms with Crippen LogP contribution in [0.2, 0.25) is 0 Å². The Kier molecular flexibility index (Phi) is 3.99. The second kappa shape index (κ2) is 5.52. The topological polar surface area (TPSA) is 48.1 Å². The highest BCUT2D eigenvalue weighted by Crippen LogP contribution is 2.38. The average molecular weight is 284 g/mol. The Hall–Kier alpha value is -1.69. The van der Waals surface area contributed by atoms with E-state index in [0.29, 0.717) is 16.3 Å². The van der Waals surface area contributed by atoms with Gasteiger partial charge in [0.1, 0.15) is 16.4 Å². The van der Waals surface area contributed by atoms with E-state index in [2.05, 4.69) is 9.72 Å². The van der Waals surface area contributed by atoms with Crippen LogP contribution < -0.4 is 10.5 Å². The van der Waals surface area contributed by atoms with Crippen LogP contribution in [0.3, 0.4) is 0 Å². The van der Waals surface area contributed by atoms with Crippen LogP contribution in [0.25, 0.3) is 11.3 Å². The standard InChI is InChI=1S/C13H14F2N2OS/c1-7(2)12-17-10(11(16)19-12)8-5-3-4-6-9(8)18-13(14)15/h3-7,13H,16H2,1-2H3. The van der Waals surface area contributed by atoms with E-state index in [0.717, 1.165) is 5.01 Å². The van der Waals surface area contributed by atoms with Crippen molar-refractivity contribution in [3.8, 4) is 17.0 Å². The Balaban J connectivity index is 2.46. The smallest absolute Gasteiger partial charge is 0.387 e. The molecule has 0 radical (unpaired) electrons. The summed E-state index contributed by atoms with van der Waals surface area (Å²) >= 11 is 1.37. The van der Waals surface area contributed by atoms with Gasteiger partial charge in [0.15, 0.2) is 0 Å².